The Kier molecular flexibility index (Phi) is 6.45. The van der Waals surface area contributed by atoms with Gasteiger partial charge in [0.05, 0.1) is 0 Å². The van der Waals surface area contributed by atoms with Crippen LogP contribution in [0.3, 0.4) is 0 Å². The van der Waals surface area contributed by atoms with Crippen molar-refractivity contribution in [1.82, 2.24) is 15.5 Å². The predicted octanol–water partition coefficient (Wildman–Crippen LogP) is 1.14. The summed E-state index contributed by atoms with van der Waals surface area (Å²) in [4.78, 5) is 14.9. The minimum absolute atomic E-state index is 0.0678. The summed E-state index contributed by atoms with van der Waals surface area (Å²) in [6, 6.07) is 0.698. The van der Waals surface area contributed by atoms with E-state index in [-0.39, 0.29) is 5.91 Å². The Morgan fingerprint density at radius 2 is 2.14 bits per heavy atom. The van der Waals surface area contributed by atoms with Gasteiger partial charge in [-0.25, -0.2) is 0 Å². The van der Waals surface area contributed by atoms with Crippen molar-refractivity contribution in [3.05, 3.63) is 0 Å². The van der Waals surface area contributed by atoms with Gasteiger partial charge in [0, 0.05) is 26.2 Å². The van der Waals surface area contributed by atoms with Crippen molar-refractivity contribution in [3.8, 4) is 0 Å². The van der Waals surface area contributed by atoms with Crippen molar-refractivity contribution in [2.75, 3.05) is 39.8 Å². The van der Waals surface area contributed by atoms with Gasteiger partial charge in [0.1, 0.15) is 5.60 Å². The molecular formula is C16H31N3O2. The molecule has 0 aromatic carbocycles. The van der Waals surface area contributed by atoms with Crippen molar-refractivity contribution in [1.29, 1.82) is 0 Å². The SMILES string of the molecule is COC1(C(=O)NCCCN2CCCCC2C)CCNCC1. The van der Waals surface area contributed by atoms with Gasteiger partial charge in [0.15, 0.2) is 0 Å². The minimum Gasteiger partial charge on any atom is -0.368 e. The molecule has 2 aliphatic heterocycles. The summed E-state index contributed by atoms with van der Waals surface area (Å²) in [5.41, 5.74) is -0.607. The molecule has 1 amide bonds. The highest BCUT2D eigenvalue weighted by atomic mass is 16.5. The molecule has 0 saturated carbocycles. The second-order valence-electron chi connectivity index (χ2n) is 6.44. The summed E-state index contributed by atoms with van der Waals surface area (Å²) in [7, 11) is 1.65. The van der Waals surface area contributed by atoms with Gasteiger partial charge >= 0.3 is 0 Å². The number of piperidine rings is 2. The second kappa shape index (κ2) is 8.11. The minimum atomic E-state index is -0.607. The van der Waals surface area contributed by atoms with E-state index in [1.54, 1.807) is 7.11 Å². The molecule has 1 atom stereocenters. The fourth-order valence-electron chi connectivity index (χ4n) is 3.49. The normalized spacial score (nSPS) is 26.5. The van der Waals surface area contributed by atoms with Crippen molar-refractivity contribution >= 4 is 5.91 Å². The molecule has 2 rings (SSSR count). The number of carbonyl (C=O) groups is 1. The topological polar surface area (TPSA) is 53.6 Å². The molecule has 0 bridgehead atoms. The third kappa shape index (κ3) is 4.41. The molecule has 0 radical (unpaired) electrons. The van der Waals surface area contributed by atoms with Gasteiger partial charge in [-0.15, -0.1) is 0 Å². The van der Waals surface area contributed by atoms with Crippen LogP contribution in [0.2, 0.25) is 0 Å². The number of likely N-dealkylation sites (tertiary alicyclic amines) is 1. The first-order valence-corrected chi connectivity index (χ1v) is 8.46. The van der Waals surface area contributed by atoms with Crippen LogP contribution in [0.25, 0.3) is 0 Å². The Labute approximate surface area is 128 Å². The van der Waals surface area contributed by atoms with Crippen LogP contribution in [0.15, 0.2) is 0 Å². The summed E-state index contributed by atoms with van der Waals surface area (Å²) in [5.74, 6) is 0.0678. The van der Waals surface area contributed by atoms with Gasteiger partial charge in [-0.3, -0.25) is 4.79 Å². The maximum absolute atomic E-state index is 12.4. The van der Waals surface area contributed by atoms with Crippen LogP contribution in [0, 0.1) is 0 Å². The van der Waals surface area contributed by atoms with E-state index in [9.17, 15) is 4.79 Å². The second-order valence-corrected chi connectivity index (χ2v) is 6.44. The third-order valence-electron chi connectivity index (χ3n) is 5.06. The van der Waals surface area contributed by atoms with Gasteiger partial charge in [-0.2, -0.15) is 0 Å². The summed E-state index contributed by atoms with van der Waals surface area (Å²) >= 11 is 0. The molecule has 2 saturated heterocycles. The molecule has 0 aromatic heterocycles. The van der Waals surface area contributed by atoms with E-state index < -0.39 is 5.60 Å². The fourth-order valence-corrected chi connectivity index (χ4v) is 3.49. The molecule has 2 aliphatic rings. The highest BCUT2D eigenvalue weighted by Gasteiger charge is 2.39. The van der Waals surface area contributed by atoms with Gasteiger partial charge < -0.3 is 20.3 Å². The van der Waals surface area contributed by atoms with E-state index in [1.165, 1.54) is 25.8 Å². The van der Waals surface area contributed by atoms with E-state index >= 15 is 0 Å². The van der Waals surface area contributed by atoms with Crippen molar-refractivity contribution in [2.24, 2.45) is 0 Å². The van der Waals surface area contributed by atoms with Crippen LogP contribution in [0.5, 0.6) is 0 Å². The van der Waals surface area contributed by atoms with Crippen LogP contribution in [-0.2, 0) is 9.53 Å². The van der Waals surface area contributed by atoms with Crippen LogP contribution >= 0.6 is 0 Å². The largest absolute Gasteiger partial charge is 0.368 e. The molecule has 5 heteroatoms. The monoisotopic (exact) mass is 297 g/mol. The summed E-state index contributed by atoms with van der Waals surface area (Å²) < 4.78 is 5.54. The molecule has 0 aliphatic carbocycles. The molecule has 0 spiro atoms. The molecule has 21 heavy (non-hydrogen) atoms. The van der Waals surface area contributed by atoms with E-state index in [1.807, 2.05) is 0 Å². The highest BCUT2D eigenvalue weighted by molar-refractivity contribution is 5.85. The number of carbonyl (C=O) groups excluding carboxylic acids is 1. The highest BCUT2D eigenvalue weighted by Crippen LogP contribution is 2.22. The zero-order valence-electron chi connectivity index (χ0n) is 13.6. The zero-order chi connectivity index (χ0) is 15.1. The van der Waals surface area contributed by atoms with Gasteiger partial charge in [-0.1, -0.05) is 6.42 Å². The molecule has 1 unspecified atom stereocenters. The maximum atomic E-state index is 12.4. The number of amides is 1. The fraction of sp³-hybridized carbons (Fsp3) is 0.938. The van der Waals surface area contributed by atoms with Crippen molar-refractivity contribution < 1.29 is 9.53 Å². The lowest BCUT2D eigenvalue weighted by molar-refractivity contribution is -0.146. The predicted molar refractivity (Wildman–Crippen MR) is 84.4 cm³/mol. The maximum Gasteiger partial charge on any atom is 0.252 e. The lowest BCUT2D eigenvalue weighted by atomic mass is 9.91. The van der Waals surface area contributed by atoms with E-state index in [4.69, 9.17) is 4.74 Å². The van der Waals surface area contributed by atoms with Crippen LogP contribution < -0.4 is 10.6 Å². The van der Waals surface area contributed by atoms with Crippen LogP contribution in [0.4, 0.5) is 0 Å². The lowest BCUT2D eigenvalue weighted by Gasteiger charge is -2.35. The first-order valence-electron chi connectivity index (χ1n) is 8.46. The van der Waals surface area contributed by atoms with E-state index in [0.717, 1.165) is 45.4 Å². The number of rotatable bonds is 6. The first kappa shape index (κ1) is 16.7. The molecule has 5 nitrogen and oxygen atoms in total. The van der Waals surface area contributed by atoms with Crippen molar-refractivity contribution in [2.45, 2.75) is 57.1 Å². The first-order chi connectivity index (χ1) is 10.2. The number of nitrogens with one attached hydrogen (secondary N) is 2. The van der Waals surface area contributed by atoms with Crippen LogP contribution in [0.1, 0.15) is 45.4 Å². The van der Waals surface area contributed by atoms with Gasteiger partial charge in [0.2, 0.25) is 0 Å². The smallest absolute Gasteiger partial charge is 0.252 e. The summed E-state index contributed by atoms with van der Waals surface area (Å²) in [5, 5.41) is 6.36. The van der Waals surface area contributed by atoms with E-state index in [0.29, 0.717) is 6.04 Å². The molecule has 122 valence electrons. The number of ether oxygens (including phenoxy) is 1. The van der Waals surface area contributed by atoms with Gasteiger partial charge in [-0.05, 0) is 58.7 Å². The summed E-state index contributed by atoms with van der Waals surface area (Å²) in [6.07, 6.45) is 6.53. The Hall–Kier alpha value is -0.650. The summed E-state index contributed by atoms with van der Waals surface area (Å²) in [6.45, 7) is 7.07. The Morgan fingerprint density at radius 1 is 1.38 bits per heavy atom. The average molecular weight is 297 g/mol. The Morgan fingerprint density at radius 3 is 2.81 bits per heavy atom. The van der Waals surface area contributed by atoms with Crippen molar-refractivity contribution in [3.63, 3.8) is 0 Å². The van der Waals surface area contributed by atoms with Crippen LogP contribution in [-0.4, -0.2) is 62.3 Å². The molecule has 2 fully saturated rings. The Balaban J connectivity index is 1.68. The number of methoxy groups -OCH3 is 1. The molecule has 2 heterocycles. The van der Waals surface area contributed by atoms with Gasteiger partial charge in [0.25, 0.3) is 5.91 Å². The average Bonchev–Trinajstić information content (AvgIpc) is 2.53. The number of hydrogen-bond donors (Lipinski definition) is 2. The Bertz CT molecular complexity index is 329. The molecular weight excluding hydrogens is 266 g/mol. The van der Waals surface area contributed by atoms with E-state index in [2.05, 4.69) is 22.5 Å². The third-order valence-corrected chi connectivity index (χ3v) is 5.06. The zero-order valence-corrected chi connectivity index (χ0v) is 13.6. The molecule has 0 aromatic rings. The lowest BCUT2D eigenvalue weighted by Crippen LogP contribution is -2.54. The molecule has 2 N–H and O–H groups in total. The quantitative estimate of drug-likeness (QED) is 0.722. The number of nitrogens with zero attached hydrogens (tertiary/aromatic N) is 1. The standard InChI is InChI=1S/C16H31N3O2/c1-14-6-3-4-12-19(14)13-5-9-18-15(20)16(21-2)7-10-17-11-8-16/h14,17H,3-13H2,1-2H3,(H,18,20). The number of hydrogen-bond acceptors (Lipinski definition) is 4.